The van der Waals surface area contributed by atoms with Crippen LogP contribution in [0.4, 0.5) is 8.78 Å². The van der Waals surface area contributed by atoms with Crippen LogP contribution in [0.2, 0.25) is 5.02 Å². The predicted octanol–water partition coefficient (Wildman–Crippen LogP) is 3.91. The Morgan fingerprint density at radius 1 is 1.35 bits per heavy atom. The topological polar surface area (TPSA) is 37.3 Å². The first kappa shape index (κ1) is 13.9. The minimum Gasteiger partial charge on any atom is -0.481 e. The van der Waals surface area contributed by atoms with Gasteiger partial charge in [0.05, 0.1) is 11.4 Å². The molecule has 0 aromatic heterocycles. The van der Waals surface area contributed by atoms with E-state index in [4.69, 9.17) is 16.7 Å². The summed E-state index contributed by atoms with van der Waals surface area (Å²) in [6, 6.07) is 2.79. The second-order valence-electron chi connectivity index (χ2n) is 4.01. The molecule has 0 radical (unpaired) electrons. The SMILES string of the molecule is Cc1cc(Cl)c(C(F)(F)CCC(=O)O)cc1C. The molecule has 0 spiro atoms. The van der Waals surface area contributed by atoms with Crippen molar-refractivity contribution in [1.29, 1.82) is 0 Å². The highest BCUT2D eigenvalue weighted by molar-refractivity contribution is 6.31. The maximum absolute atomic E-state index is 13.7. The summed E-state index contributed by atoms with van der Waals surface area (Å²) in [7, 11) is 0. The van der Waals surface area contributed by atoms with Crippen LogP contribution in [-0.4, -0.2) is 11.1 Å². The number of carbonyl (C=O) groups is 1. The monoisotopic (exact) mass is 262 g/mol. The van der Waals surface area contributed by atoms with E-state index in [-0.39, 0.29) is 10.6 Å². The highest BCUT2D eigenvalue weighted by Crippen LogP contribution is 2.38. The molecule has 0 atom stereocenters. The second kappa shape index (κ2) is 5.00. The third-order valence-electron chi connectivity index (χ3n) is 2.63. The van der Waals surface area contributed by atoms with Crippen molar-refractivity contribution in [2.75, 3.05) is 0 Å². The Bertz CT molecular complexity index is 444. The van der Waals surface area contributed by atoms with Crippen molar-refractivity contribution in [2.24, 2.45) is 0 Å². The molecule has 0 aliphatic carbocycles. The van der Waals surface area contributed by atoms with Crippen molar-refractivity contribution < 1.29 is 18.7 Å². The number of hydrogen-bond donors (Lipinski definition) is 1. The average Bonchev–Trinajstić information content (AvgIpc) is 2.20. The van der Waals surface area contributed by atoms with Gasteiger partial charge < -0.3 is 5.11 Å². The van der Waals surface area contributed by atoms with Crippen molar-refractivity contribution in [3.63, 3.8) is 0 Å². The zero-order valence-electron chi connectivity index (χ0n) is 9.56. The quantitative estimate of drug-likeness (QED) is 0.893. The van der Waals surface area contributed by atoms with Crippen LogP contribution in [0.3, 0.4) is 0 Å². The number of carboxylic acid groups (broad SMARTS) is 1. The average molecular weight is 263 g/mol. The molecule has 0 heterocycles. The summed E-state index contributed by atoms with van der Waals surface area (Å²) < 4.78 is 27.5. The highest BCUT2D eigenvalue weighted by Gasteiger charge is 2.34. The summed E-state index contributed by atoms with van der Waals surface area (Å²) in [5.41, 5.74) is 1.23. The Labute approximate surface area is 103 Å². The summed E-state index contributed by atoms with van der Waals surface area (Å²) in [6.45, 7) is 3.49. The largest absolute Gasteiger partial charge is 0.481 e. The molecule has 1 rings (SSSR count). The van der Waals surface area contributed by atoms with Crippen LogP contribution in [-0.2, 0) is 10.7 Å². The summed E-state index contributed by atoms with van der Waals surface area (Å²) in [4.78, 5) is 10.3. The molecule has 94 valence electrons. The Morgan fingerprint density at radius 2 is 1.88 bits per heavy atom. The van der Waals surface area contributed by atoms with Gasteiger partial charge in [0.2, 0.25) is 0 Å². The van der Waals surface area contributed by atoms with Gasteiger partial charge in [-0.15, -0.1) is 0 Å². The molecule has 1 aromatic rings. The minimum absolute atomic E-state index is 0.0245. The number of benzene rings is 1. The Balaban J connectivity index is 3.05. The Kier molecular flexibility index (Phi) is 4.09. The van der Waals surface area contributed by atoms with Crippen LogP contribution in [0.5, 0.6) is 0 Å². The van der Waals surface area contributed by atoms with Gasteiger partial charge in [-0.25, -0.2) is 8.78 Å². The minimum atomic E-state index is -3.21. The summed E-state index contributed by atoms with van der Waals surface area (Å²) in [5, 5.41) is 8.40. The fourth-order valence-electron chi connectivity index (χ4n) is 1.46. The second-order valence-corrected chi connectivity index (χ2v) is 4.42. The molecule has 0 fully saturated rings. The molecule has 0 aliphatic rings. The third-order valence-corrected chi connectivity index (χ3v) is 2.94. The molecule has 1 N–H and O–H groups in total. The predicted molar refractivity (Wildman–Crippen MR) is 61.7 cm³/mol. The lowest BCUT2D eigenvalue weighted by atomic mass is 9.99. The molecular formula is C12H13ClF2O2. The lowest BCUT2D eigenvalue weighted by molar-refractivity contribution is -0.139. The van der Waals surface area contributed by atoms with E-state index < -0.39 is 24.7 Å². The summed E-state index contributed by atoms with van der Waals surface area (Å²) >= 11 is 5.77. The number of aryl methyl sites for hydroxylation is 2. The molecule has 0 bridgehead atoms. The van der Waals surface area contributed by atoms with Gasteiger partial charge in [-0.2, -0.15) is 0 Å². The maximum atomic E-state index is 13.7. The van der Waals surface area contributed by atoms with Crippen molar-refractivity contribution in [3.8, 4) is 0 Å². The van der Waals surface area contributed by atoms with Crippen LogP contribution in [0, 0.1) is 13.8 Å². The fraction of sp³-hybridized carbons (Fsp3) is 0.417. The van der Waals surface area contributed by atoms with Crippen molar-refractivity contribution >= 4 is 17.6 Å². The Morgan fingerprint density at radius 3 is 2.41 bits per heavy atom. The van der Waals surface area contributed by atoms with Crippen LogP contribution < -0.4 is 0 Å². The molecule has 0 unspecified atom stereocenters. The van der Waals surface area contributed by atoms with Crippen molar-refractivity contribution in [2.45, 2.75) is 32.6 Å². The van der Waals surface area contributed by atoms with Crippen LogP contribution in [0.25, 0.3) is 0 Å². The third kappa shape index (κ3) is 3.40. The smallest absolute Gasteiger partial charge is 0.303 e. The lowest BCUT2D eigenvalue weighted by Crippen LogP contribution is -2.16. The maximum Gasteiger partial charge on any atom is 0.303 e. The zero-order chi connectivity index (χ0) is 13.2. The zero-order valence-corrected chi connectivity index (χ0v) is 10.3. The van der Waals surface area contributed by atoms with E-state index in [2.05, 4.69) is 0 Å². The molecular weight excluding hydrogens is 250 g/mol. The summed E-state index contributed by atoms with van der Waals surface area (Å²) in [6.07, 6.45) is -1.33. The summed E-state index contributed by atoms with van der Waals surface area (Å²) in [5.74, 6) is -4.46. The first-order valence-electron chi connectivity index (χ1n) is 5.11. The van der Waals surface area contributed by atoms with Crippen LogP contribution in [0.15, 0.2) is 12.1 Å². The van der Waals surface area contributed by atoms with E-state index in [1.165, 1.54) is 12.1 Å². The van der Waals surface area contributed by atoms with Gasteiger partial charge >= 0.3 is 5.97 Å². The van der Waals surface area contributed by atoms with Crippen molar-refractivity contribution in [1.82, 2.24) is 0 Å². The van der Waals surface area contributed by atoms with E-state index in [0.717, 1.165) is 5.56 Å². The molecule has 17 heavy (non-hydrogen) atoms. The molecule has 5 heteroatoms. The number of alkyl halides is 2. The van der Waals surface area contributed by atoms with E-state index >= 15 is 0 Å². The molecule has 0 saturated heterocycles. The standard InChI is InChI=1S/C12H13ClF2O2/c1-7-5-9(10(13)6-8(7)2)12(14,15)4-3-11(16)17/h5-6H,3-4H2,1-2H3,(H,16,17). The first-order valence-corrected chi connectivity index (χ1v) is 5.48. The van der Waals surface area contributed by atoms with E-state index in [9.17, 15) is 13.6 Å². The number of hydrogen-bond acceptors (Lipinski definition) is 1. The van der Waals surface area contributed by atoms with Crippen molar-refractivity contribution in [3.05, 3.63) is 33.8 Å². The normalized spacial score (nSPS) is 11.6. The van der Waals surface area contributed by atoms with Gasteiger partial charge in [0.1, 0.15) is 0 Å². The number of halogens is 3. The molecule has 2 nitrogen and oxygen atoms in total. The molecule has 0 amide bonds. The van der Waals surface area contributed by atoms with E-state index in [1.807, 2.05) is 0 Å². The molecule has 0 saturated carbocycles. The van der Waals surface area contributed by atoms with Gasteiger partial charge in [-0.05, 0) is 37.1 Å². The van der Waals surface area contributed by atoms with Gasteiger partial charge in [0, 0.05) is 12.0 Å². The van der Waals surface area contributed by atoms with Crippen LogP contribution >= 0.6 is 11.6 Å². The van der Waals surface area contributed by atoms with Gasteiger partial charge in [0.15, 0.2) is 0 Å². The number of rotatable bonds is 4. The lowest BCUT2D eigenvalue weighted by Gasteiger charge is -2.18. The fourth-order valence-corrected chi connectivity index (χ4v) is 1.82. The number of aliphatic carboxylic acids is 1. The highest BCUT2D eigenvalue weighted by atomic mass is 35.5. The van der Waals surface area contributed by atoms with Gasteiger partial charge in [-0.1, -0.05) is 11.6 Å². The van der Waals surface area contributed by atoms with Gasteiger partial charge in [-0.3, -0.25) is 4.79 Å². The van der Waals surface area contributed by atoms with Gasteiger partial charge in [0.25, 0.3) is 5.92 Å². The molecule has 1 aromatic carbocycles. The molecule has 0 aliphatic heterocycles. The van der Waals surface area contributed by atoms with E-state index in [0.29, 0.717) is 5.56 Å². The number of carboxylic acids is 1. The Hall–Kier alpha value is -1.16. The van der Waals surface area contributed by atoms with Crippen LogP contribution in [0.1, 0.15) is 29.5 Å². The first-order chi connectivity index (χ1) is 7.74. The van der Waals surface area contributed by atoms with E-state index in [1.54, 1.807) is 13.8 Å².